The van der Waals surface area contributed by atoms with Gasteiger partial charge in [0.25, 0.3) is 0 Å². The summed E-state index contributed by atoms with van der Waals surface area (Å²) in [6.07, 6.45) is 4.33. The molecule has 2 rings (SSSR count). The predicted molar refractivity (Wildman–Crippen MR) is 86.2 cm³/mol. The van der Waals surface area contributed by atoms with Gasteiger partial charge < -0.3 is 5.11 Å². The molecule has 0 atom stereocenters. The van der Waals surface area contributed by atoms with E-state index in [1.54, 1.807) is 18.2 Å². The van der Waals surface area contributed by atoms with E-state index in [4.69, 9.17) is 10.4 Å². The SMILES string of the molecule is Cc1ccc(/C(=C\C=C\C(=O)O)c2cccc(C#N)c2)cc1. The summed E-state index contributed by atoms with van der Waals surface area (Å²) in [5, 5.41) is 17.8. The molecule has 0 heterocycles. The number of aliphatic carboxylic acids is 1. The number of carboxylic acid groups (broad SMARTS) is 1. The second kappa shape index (κ2) is 7.05. The van der Waals surface area contributed by atoms with Crippen LogP contribution in [0.1, 0.15) is 22.3 Å². The van der Waals surface area contributed by atoms with Crippen LogP contribution in [-0.2, 0) is 4.79 Å². The summed E-state index contributed by atoms with van der Waals surface area (Å²) in [4.78, 5) is 10.6. The molecule has 0 radical (unpaired) electrons. The third-order valence-electron chi connectivity index (χ3n) is 3.17. The molecule has 0 saturated carbocycles. The minimum atomic E-state index is -0.995. The molecule has 0 aromatic heterocycles. The molecule has 3 heteroatoms. The van der Waals surface area contributed by atoms with Crippen LogP contribution in [0.4, 0.5) is 0 Å². The molecule has 108 valence electrons. The molecule has 2 aromatic carbocycles. The van der Waals surface area contributed by atoms with Crippen LogP contribution in [0.2, 0.25) is 0 Å². The lowest BCUT2D eigenvalue weighted by Crippen LogP contribution is -1.90. The average molecular weight is 289 g/mol. The molecule has 0 unspecified atom stereocenters. The van der Waals surface area contributed by atoms with Crippen LogP contribution in [0, 0.1) is 18.3 Å². The van der Waals surface area contributed by atoms with Crippen molar-refractivity contribution >= 4 is 11.5 Å². The van der Waals surface area contributed by atoms with Gasteiger partial charge in [-0.2, -0.15) is 5.26 Å². The van der Waals surface area contributed by atoms with Gasteiger partial charge in [0, 0.05) is 6.08 Å². The highest BCUT2D eigenvalue weighted by molar-refractivity contribution is 5.84. The Labute approximate surface area is 129 Å². The molecule has 3 nitrogen and oxygen atoms in total. The van der Waals surface area contributed by atoms with Crippen LogP contribution in [0.15, 0.2) is 66.8 Å². The van der Waals surface area contributed by atoms with Gasteiger partial charge in [0.15, 0.2) is 0 Å². The van der Waals surface area contributed by atoms with E-state index < -0.39 is 5.97 Å². The van der Waals surface area contributed by atoms with Gasteiger partial charge in [-0.05, 0) is 35.8 Å². The highest BCUT2D eigenvalue weighted by Crippen LogP contribution is 2.24. The van der Waals surface area contributed by atoms with Crippen LogP contribution in [-0.4, -0.2) is 11.1 Å². The molecule has 22 heavy (non-hydrogen) atoms. The summed E-state index contributed by atoms with van der Waals surface area (Å²) < 4.78 is 0. The van der Waals surface area contributed by atoms with Crippen molar-refractivity contribution in [2.24, 2.45) is 0 Å². The first-order valence-corrected chi connectivity index (χ1v) is 6.79. The van der Waals surface area contributed by atoms with Crippen molar-refractivity contribution in [3.8, 4) is 6.07 Å². The highest BCUT2D eigenvalue weighted by atomic mass is 16.4. The number of carboxylic acids is 1. The van der Waals surface area contributed by atoms with E-state index in [1.165, 1.54) is 6.08 Å². The van der Waals surface area contributed by atoms with Gasteiger partial charge in [-0.3, -0.25) is 0 Å². The summed E-state index contributed by atoms with van der Waals surface area (Å²) in [5.41, 5.74) is 4.43. The Balaban J connectivity index is 2.52. The van der Waals surface area contributed by atoms with Crippen molar-refractivity contribution in [2.45, 2.75) is 6.92 Å². The zero-order valence-corrected chi connectivity index (χ0v) is 12.2. The van der Waals surface area contributed by atoms with Crippen molar-refractivity contribution in [1.82, 2.24) is 0 Å². The van der Waals surface area contributed by atoms with Crippen LogP contribution in [0.5, 0.6) is 0 Å². The summed E-state index contributed by atoms with van der Waals surface area (Å²) in [7, 11) is 0. The third-order valence-corrected chi connectivity index (χ3v) is 3.17. The second-order valence-corrected chi connectivity index (χ2v) is 4.84. The Morgan fingerprint density at radius 3 is 2.50 bits per heavy atom. The number of benzene rings is 2. The molecule has 0 aliphatic carbocycles. The van der Waals surface area contributed by atoms with Crippen molar-refractivity contribution in [3.63, 3.8) is 0 Å². The number of rotatable bonds is 4. The first-order valence-electron chi connectivity index (χ1n) is 6.79. The van der Waals surface area contributed by atoms with Gasteiger partial charge in [-0.25, -0.2) is 4.79 Å². The van der Waals surface area contributed by atoms with Gasteiger partial charge in [0.05, 0.1) is 11.6 Å². The second-order valence-electron chi connectivity index (χ2n) is 4.84. The van der Waals surface area contributed by atoms with E-state index in [2.05, 4.69) is 6.07 Å². The first-order chi connectivity index (χ1) is 10.6. The maximum atomic E-state index is 10.6. The minimum absolute atomic E-state index is 0.567. The maximum Gasteiger partial charge on any atom is 0.328 e. The highest BCUT2D eigenvalue weighted by Gasteiger charge is 2.05. The number of nitriles is 1. The zero-order chi connectivity index (χ0) is 15.9. The Morgan fingerprint density at radius 1 is 1.14 bits per heavy atom. The van der Waals surface area contributed by atoms with Crippen molar-refractivity contribution in [2.75, 3.05) is 0 Å². The minimum Gasteiger partial charge on any atom is -0.478 e. The zero-order valence-electron chi connectivity index (χ0n) is 12.2. The maximum absolute atomic E-state index is 10.6. The number of allylic oxidation sites excluding steroid dienone is 2. The number of aryl methyl sites for hydroxylation is 1. The summed E-state index contributed by atoms with van der Waals surface area (Å²) in [6, 6.07) is 17.3. The van der Waals surface area contributed by atoms with E-state index in [-0.39, 0.29) is 0 Å². The summed E-state index contributed by atoms with van der Waals surface area (Å²) in [5.74, 6) is -0.995. The monoisotopic (exact) mass is 289 g/mol. The average Bonchev–Trinajstić information content (AvgIpc) is 2.52. The lowest BCUT2D eigenvalue weighted by Gasteiger charge is -2.08. The number of hydrogen-bond acceptors (Lipinski definition) is 2. The molecular weight excluding hydrogens is 274 g/mol. The Bertz CT molecular complexity index is 778. The smallest absolute Gasteiger partial charge is 0.328 e. The molecule has 0 aliphatic rings. The van der Waals surface area contributed by atoms with Crippen LogP contribution in [0.3, 0.4) is 0 Å². The van der Waals surface area contributed by atoms with Gasteiger partial charge in [-0.15, -0.1) is 0 Å². The predicted octanol–water partition coefficient (Wildman–Crippen LogP) is 3.94. The molecule has 0 amide bonds. The molecule has 0 saturated heterocycles. The van der Waals surface area contributed by atoms with E-state index in [9.17, 15) is 4.79 Å². The fraction of sp³-hybridized carbons (Fsp3) is 0.0526. The van der Waals surface area contributed by atoms with Crippen molar-refractivity contribution in [3.05, 3.63) is 89.0 Å². The third kappa shape index (κ3) is 3.94. The quantitative estimate of drug-likeness (QED) is 0.685. The van der Waals surface area contributed by atoms with E-state index in [0.717, 1.165) is 28.3 Å². The standard InChI is InChI=1S/C19H15NO2/c1-14-8-10-16(11-9-14)18(6-3-7-19(21)22)17-5-2-4-15(12-17)13-20/h2-12H,1H3,(H,21,22)/b7-3+,18-6+. The normalized spacial score (nSPS) is 11.4. The lowest BCUT2D eigenvalue weighted by molar-refractivity contribution is -0.131. The molecular formula is C19H15NO2. The molecule has 0 fully saturated rings. The molecule has 1 N–H and O–H groups in total. The number of nitrogens with zero attached hydrogens (tertiary/aromatic N) is 1. The van der Waals surface area contributed by atoms with E-state index in [0.29, 0.717) is 5.56 Å². The fourth-order valence-corrected chi connectivity index (χ4v) is 2.08. The number of carbonyl (C=O) groups is 1. The Kier molecular flexibility index (Phi) is 4.89. The topological polar surface area (TPSA) is 61.1 Å². The fourth-order valence-electron chi connectivity index (χ4n) is 2.08. The molecule has 0 spiro atoms. The Hall–Kier alpha value is -3.12. The van der Waals surface area contributed by atoms with Gasteiger partial charge in [0.1, 0.15) is 0 Å². The van der Waals surface area contributed by atoms with Crippen molar-refractivity contribution in [1.29, 1.82) is 5.26 Å². The van der Waals surface area contributed by atoms with Crippen LogP contribution < -0.4 is 0 Å². The largest absolute Gasteiger partial charge is 0.478 e. The summed E-state index contributed by atoms with van der Waals surface area (Å²) in [6.45, 7) is 2.01. The van der Waals surface area contributed by atoms with Crippen LogP contribution >= 0.6 is 0 Å². The number of hydrogen-bond donors (Lipinski definition) is 1. The molecule has 2 aromatic rings. The van der Waals surface area contributed by atoms with Gasteiger partial charge in [0.2, 0.25) is 0 Å². The van der Waals surface area contributed by atoms with E-state index >= 15 is 0 Å². The van der Waals surface area contributed by atoms with Gasteiger partial charge in [-0.1, -0.05) is 54.1 Å². The van der Waals surface area contributed by atoms with Gasteiger partial charge >= 0.3 is 5.97 Å². The lowest BCUT2D eigenvalue weighted by atomic mass is 9.95. The van der Waals surface area contributed by atoms with Crippen LogP contribution in [0.25, 0.3) is 5.57 Å². The molecule has 0 bridgehead atoms. The Morgan fingerprint density at radius 2 is 1.86 bits per heavy atom. The van der Waals surface area contributed by atoms with E-state index in [1.807, 2.05) is 43.3 Å². The molecule has 0 aliphatic heterocycles. The summed E-state index contributed by atoms with van der Waals surface area (Å²) >= 11 is 0. The first kappa shape index (κ1) is 15.3. The van der Waals surface area contributed by atoms with Crippen molar-refractivity contribution < 1.29 is 9.90 Å².